The lowest BCUT2D eigenvalue weighted by Gasteiger charge is -2.22. The molecule has 0 bridgehead atoms. The molecule has 1 saturated carbocycles. The minimum absolute atomic E-state index is 0.0757. The zero-order valence-electron chi connectivity index (χ0n) is 11.3. The van der Waals surface area contributed by atoms with E-state index in [0.717, 1.165) is 24.8 Å². The van der Waals surface area contributed by atoms with E-state index in [-0.39, 0.29) is 17.8 Å². The number of rotatable bonds is 4. The van der Waals surface area contributed by atoms with Crippen LogP contribution >= 0.6 is 15.9 Å². The van der Waals surface area contributed by atoms with E-state index < -0.39 is 4.92 Å². The van der Waals surface area contributed by atoms with Crippen LogP contribution in [0.3, 0.4) is 0 Å². The van der Waals surface area contributed by atoms with E-state index in [0.29, 0.717) is 11.1 Å². The first-order valence-corrected chi connectivity index (χ1v) is 7.67. The molecule has 110 valence electrons. The van der Waals surface area contributed by atoms with Gasteiger partial charge < -0.3 is 10.5 Å². The van der Waals surface area contributed by atoms with Gasteiger partial charge in [-0.2, -0.15) is 0 Å². The van der Waals surface area contributed by atoms with Crippen molar-refractivity contribution in [2.75, 3.05) is 0 Å². The summed E-state index contributed by atoms with van der Waals surface area (Å²) >= 11 is 3.36. The third-order valence-corrected chi connectivity index (χ3v) is 4.44. The van der Waals surface area contributed by atoms with Crippen molar-refractivity contribution in [3.63, 3.8) is 0 Å². The normalized spacial score (nSPS) is 23.3. The van der Waals surface area contributed by atoms with Crippen LogP contribution in [0.2, 0.25) is 0 Å². The van der Waals surface area contributed by atoms with Crippen molar-refractivity contribution in [2.45, 2.75) is 50.9 Å². The highest BCUT2D eigenvalue weighted by molar-refractivity contribution is 9.10. The number of ether oxygens (including phenoxy) is 1. The molecule has 1 aliphatic rings. The first kappa shape index (κ1) is 15.4. The molecule has 20 heavy (non-hydrogen) atoms. The molecular formula is C14H19BrN2O3. The Labute approximate surface area is 126 Å². The number of benzene rings is 1. The Morgan fingerprint density at radius 1 is 1.35 bits per heavy atom. The van der Waals surface area contributed by atoms with Gasteiger partial charge >= 0.3 is 0 Å². The smallest absolute Gasteiger partial charge is 0.270 e. The molecule has 1 aliphatic carbocycles. The zero-order chi connectivity index (χ0) is 14.5. The summed E-state index contributed by atoms with van der Waals surface area (Å²) in [5.41, 5.74) is 7.10. The van der Waals surface area contributed by atoms with Crippen molar-refractivity contribution in [3.05, 3.63) is 38.3 Å². The summed E-state index contributed by atoms with van der Waals surface area (Å²) < 4.78 is 6.62. The fourth-order valence-corrected chi connectivity index (χ4v) is 2.95. The van der Waals surface area contributed by atoms with Crippen LogP contribution in [0.15, 0.2) is 22.7 Å². The second-order valence-electron chi connectivity index (χ2n) is 5.18. The van der Waals surface area contributed by atoms with Crippen molar-refractivity contribution in [1.82, 2.24) is 0 Å². The molecule has 5 nitrogen and oxygen atoms in total. The summed E-state index contributed by atoms with van der Waals surface area (Å²) in [7, 11) is 0. The quantitative estimate of drug-likeness (QED) is 0.515. The van der Waals surface area contributed by atoms with Crippen LogP contribution in [0.25, 0.3) is 0 Å². The Morgan fingerprint density at radius 2 is 2.10 bits per heavy atom. The summed E-state index contributed by atoms with van der Waals surface area (Å²) in [5, 5.41) is 10.7. The van der Waals surface area contributed by atoms with Crippen molar-refractivity contribution in [2.24, 2.45) is 5.73 Å². The largest absolute Gasteiger partial charge is 0.372 e. The van der Waals surface area contributed by atoms with Crippen LogP contribution in [0.1, 0.15) is 37.7 Å². The van der Waals surface area contributed by atoms with Gasteiger partial charge in [0.1, 0.15) is 0 Å². The monoisotopic (exact) mass is 342 g/mol. The van der Waals surface area contributed by atoms with E-state index in [4.69, 9.17) is 10.5 Å². The number of non-ortho nitro benzene ring substituents is 1. The molecule has 0 saturated heterocycles. The molecule has 0 radical (unpaired) electrons. The summed E-state index contributed by atoms with van der Waals surface area (Å²) in [6, 6.07) is 4.82. The van der Waals surface area contributed by atoms with Gasteiger partial charge in [0.25, 0.3) is 5.69 Å². The van der Waals surface area contributed by atoms with Crippen molar-refractivity contribution < 1.29 is 9.66 Å². The number of hydrogen-bond acceptors (Lipinski definition) is 4. The summed E-state index contributed by atoms with van der Waals surface area (Å²) in [6.45, 7) is 0.428. The lowest BCUT2D eigenvalue weighted by Crippen LogP contribution is -2.35. The molecule has 2 atom stereocenters. The second kappa shape index (κ2) is 7.15. The van der Waals surface area contributed by atoms with Gasteiger partial charge in [-0.1, -0.05) is 35.2 Å². The Morgan fingerprint density at radius 3 is 2.80 bits per heavy atom. The molecule has 1 aromatic carbocycles. The fraction of sp³-hybridized carbons (Fsp3) is 0.571. The van der Waals surface area contributed by atoms with Crippen molar-refractivity contribution >= 4 is 21.6 Å². The number of nitrogens with zero attached hydrogens (tertiary/aromatic N) is 1. The molecule has 0 spiro atoms. The molecule has 6 heteroatoms. The average Bonchev–Trinajstić information content (AvgIpc) is 2.62. The van der Waals surface area contributed by atoms with E-state index >= 15 is 0 Å². The highest BCUT2D eigenvalue weighted by atomic mass is 79.9. The van der Waals surface area contributed by atoms with Gasteiger partial charge in [-0.25, -0.2) is 0 Å². The SMILES string of the molecule is NC1CCCCCC1OCc1ccc([N+](=O)[O-])cc1Br. The number of nitrogens with two attached hydrogens (primary N) is 1. The van der Waals surface area contributed by atoms with Crippen molar-refractivity contribution in [3.8, 4) is 0 Å². The van der Waals surface area contributed by atoms with Gasteiger partial charge in [0.05, 0.1) is 17.6 Å². The Hall–Kier alpha value is -0.980. The third-order valence-electron chi connectivity index (χ3n) is 3.70. The van der Waals surface area contributed by atoms with Gasteiger partial charge in [-0.05, 0) is 24.5 Å². The molecular weight excluding hydrogens is 324 g/mol. The number of halogens is 1. The summed E-state index contributed by atoms with van der Waals surface area (Å²) in [6.07, 6.45) is 5.62. The Balaban J connectivity index is 1.97. The van der Waals surface area contributed by atoms with E-state index in [1.54, 1.807) is 6.07 Å². The minimum Gasteiger partial charge on any atom is -0.372 e. The molecule has 2 N–H and O–H groups in total. The topological polar surface area (TPSA) is 78.4 Å². The van der Waals surface area contributed by atoms with E-state index in [1.807, 2.05) is 0 Å². The summed E-state index contributed by atoms with van der Waals surface area (Å²) in [5.74, 6) is 0. The molecule has 0 aliphatic heterocycles. The molecule has 0 aromatic heterocycles. The van der Waals surface area contributed by atoms with Crippen molar-refractivity contribution in [1.29, 1.82) is 0 Å². The highest BCUT2D eigenvalue weighted by Gasteiger charge is 2.21. The van der Waals surface area contributed by atoms with Crippen LogP contribution in [-0.2, 0) is 11.3 Å². The highest BCUT2D eigenvalue weighted by Crippen LogP contribution is 2.25. The second-order valence-corrected chi connectivity index (χ2v) is 6.04. The Kier molecular flexibility index (Phi) is 5.51. The molecule has 0 heterocycles. The van der Waals surface area contributed by atoms with Gasteiger partial charge in [0.15, 0.2) is 0 Å². The number of nitro benzene ring substituents is 1. The number of nitro groups is 1. The molecule has 1 fully saturated rings. The van der Waals surface area contributed by atoms with Gasteiger partial charge in [-0.15, -0.1) is 0 Å². The van der Waals surface area contributed by atoms with Gasteiger partial charge in [-0.3, -0.25) is 10.1 Å². The molecule has 1 aromatic rings. The molecule has 2 unspecified atom stereocenters. The first-order chi connectivity index (χ1) is 9.58. The minimum atomic E-state index is -0.406. The lowest BCUT2D eigenvalue weighted by molar-refractivity contribution is -0.384. The van der Waals surface area contributed by atoms with Crippen LogP contribution in [0, 0.1) is 10.1 Å². The summed E-state index contributed by atoms with van der Waals surface area (Å²) in [4.78, 5) is 10.3. The fourth-order valence-electron chi connectivity index (χ4n) is 2.47. The standard InChI is InChI=1S/C14H19BrN2O3/c15-12-8-11(17(18)19)7-6-10(12)9-20-14-5-3-1-2-4-13(14)16/h6-8,13-14H,1-5,9,16H2. The van der Waals surface area contributed by atoms with Crippen LogP contribution < -0.4 is 5.73 Å². The van der Waals surface area contributed by atoms with E-state index in [9.17, 15) is 10.1 Å². The maximum Gasteiger partial charge on any atom is 0.270 e. The van der Waals surface area contributed by atoms with Crippen LogP contribution in [-0.4, -0.2) is 17.1 Å². The zero-order valence-corrected chi connectivity index (χ0v) is 12.8. The van der Waals surface area contributed by atoms with Gasteiger partial charge in [0, 0.05) is 22.6 Å². The van der Waals surface area contributed by atoms with Crippen LogP contribution in [0.4, 0.5) is 5.69 Å². The van der Waals surface area contributed by atoms with E-state index in [1.165, 1.54) is 25.0 Å². The maximum atomic E-state index is 10.7. The predicted octanol–water partition coefficient (Wildman–Crippen LogP) is 3.53. The average molecular weight is 343 g/mol. The Bertz CT molecular complexity index is 481. The van der Waals surface area contributed by atoms with E-state index in [2.05, 4.69) is 15.9 Å². The molecule has 0 amide bonds. The van der Waals surface area contributed by atoms with Gasteiger partial charge in [0.2, 0.25) is 0 Å². The van der Waals surface area contributed by atoms with Crippen LogP contribution in [0.5, 0.6) is 0 Å². The first-order valence-electron chi connectivity index (χ1n) is 6.88. The number of hydrogen-bond donors (Lipinski definition) is 1. The lowest BCUT2D eigenvalue weighted by atomic mass is 10.1. The predicted molar refractivity (Wildman–Crippen MR) is 80.4 cm³/mol. The molecule has 2 rings (SSSR count). The maximum absolute atomic E-state index is 10.7. The third kappa shape index (κ3) is 4.01.